The Morgan fingerprint density at radius 3 is 2.71 bits per heavy atom. The lowest BCUT2D eigenvalue weighted by molar-refractivity contribution is 0.0698. The highest BCUT2D eigenvalue weighted by molar-refractivity contribution is 7.22. The second-order valence-electron chi connectivity index (χ2n) is 8.49. The fourth-order valence-corrected chi connectivity index (χ4v) is 5.63. The van der Waals surface area contributed by atoms with E-state index in [0.29, 0.717) is 33.8 Å². The van der Waals surface area contributed by atoms with Crippen molar-refractivity contribution in [3.8, 4) is 27.8 Å². The molecule has 0 aliphatic carbocycles. The largest absolute Gasteiger partial charge is 0.488 e. The van der Waals surface area contributed by atoms with Crippen LogP contribution in [0.5, 0.6) is 17.2 Å². The van der Waals surface area contributed by atoms with E-state index in [1.165, 1.54) is 0 Å². The highest BCUT2D eigenvalue weighted by atomic mass is 32.1. The van der Waals surface area contributed by atoms with E-state index in [9.17, 15) is 9.90 Å². The van der Waals surface area contributed by atoms with Gasteiger partial charge in [0.15, 0.2) is 11.5 Å². The third-order valence-electron chi connectivity index (χ3n) is 6.26. The number of carboxylic acids is 1. The Kier molecular flexibility index (Phi) is 5.07. The van der Waals surface area contributed by atoms with Crippen LogP contribution in [0.1, 0.15) is 27.0 Å². The van der Waals surface area contributed by atoms with Gasteiger partial charge >= 0.3 is 5.97 Å². The van der Waals surface area contributed by atoms with Crippen molar-refractivity contribution >= 4 is 38.3 Å². The number of aromatic carboxylic acids is 1. The third kappa shape index (κ3) is 3.65. The Labute approximate surface area is 205 Å². The number of fused-ring (bicyclic) bond motifs is 3. The summed E-state index contributed by atoms with van der Waals surface area (Å²) in [5.41, 5.74) is 4.33. The Bertz CT molecular complexity index is 1640. The maximum atomic E-state index is 12.4. The highest BCUT2D eigenvalue weighted by Crippen LogP contribution is 2.40. The first-order chi connectivity index (χ1) is 17.0. The normalized spacial score (nSPS) is 12.4. The van der Waals surface area contributed by atoms with Gasteiger partial charge in [-0.05, 0) is 66.3 Å². The van der Waals surface area contributed by atoms with Crippen LogP contribution in [-0.2, 0) is 6.61 Å². The minimum absolute atomic E-state index is 0.172. The standard InChI is InChI=1S/C28H21NO5S/c1-15-7-9-22(32-13-17-8-10-21-23(11-17)34-14-33-21)25-19(28(30)31)12-20(29-26(15)25)27-16(2)18-5-3-4-6-24(18)35-27/h3-12H,13-14H2,1-2H3,(H,30,31). The van der Waals surface area contributed by atoms with Gasteiger partial charge in [0.1, 0.15) is 12.4 Å². The van der Waals surface area contributed by atoms with E-state index in [-0.39, 0.29) is 19.0 Å². The molecule has 0 spiro atoms. The lowest BCUT2D eigenvalue weighted by Gasteiger charge is -2.14. The van der Waals surface area contributed by atoms with Gasteiger partial charge in [-0.1, -0.05) is 30.3 Å². The molecule has 6 nitrogen and oxygen atoms in total. The van der Waals surface area contributed by atoms with E-state index in [0.717, 1.165) is 31.7 Å². The number of rotatable bonds is 5. The minimum Gasteiger partial charge on any atom is -0.488 e. The first-order valence-corrected chi connectivity index (χ1v) is 12.0. The maximum Gasteiger partial charge on any atom is 0.336 e. The van der Waals surface area contributed by atoms with Crippen molar-refractivity contribution in [2.24, 2.45) is 0 Å². The number of hydrogen-bond acceptors (Lipinski definition) is 6. The quantitative estimate of drug-likeness (QED) is 0.298. The number of thiophene rings is 1. The molecular formula is C28H21NO5S. The predicted molar refractivity (Wildman–Crippen MR) is 136 cm³/mol. The molecule has 2 aromatic heterocycles. The summed E-state index contributed by atoms with van der Waals surface area (Å²) in [6.45, 7) is 4.45. The number of hydrogen-bond donors (Lipinski definition) is 1. The van der Waals surface area contributed by atoms with Crippen molar-refractivity contribution < 1.29 is 24.1 Å². The fraction of sp³-hybridized carbons (Fsp3) is 0.143. The molecule has 174 valence electrons. The van der Waals surface area contributed by atoms with Crippen LogP contribution in [0.4, 0.5) is 0 Å². The molecular weight excluding hydrogens is 462 g/mol. The molecule has 1 N–H and O–H groups in total. The van der Waals surface area contributed by atoms with Crippen molar-refractivity contribution in [2.45, 2.75) is 20.5 Å². The van der Waals surface area contributed by atoms with Gasteiger partial charge in [-0.15, -0.1) is 11.3 Å². The number of aromatic nitrogens is 1. The summed E-state index contributed by atoms with van der Waals surface area (Å²) in [4.78, 5) is 18.3. The lowest BCUT2D eigenvalue weighted by atomic mass is 10.0. The van der Waals surface area contributed by atoms with Gasteiger partial charge in [0, 0.05) is 4.70 Å². The van der Waals surface area contributed by atoms with Gasteiger partial charge < -0.3 is 19.3 Å². The van der Waals surface area contributed by atoms with E-state index in [4.69, 9.17) is 19.2 Å². The van der Waals surface area contributed by atoms with Crippen LogP contribution in [0.15, 0.2) is 60.7 Å². The van der Waals surface area contributed by atoms with Crippen LogP contribution in [0.25, 0.3) is 31.6 Å². The minimum atomic E-state index is -1.02. The predicted octanol–water partition coefficient (Wildman–Crippen LogP) is 6.74. The molecule has 0 unspecified atom stereocenters. The summed E-state index contributed by atoms with van der Waals surface area (Å²) in [5, 5.41) is 11.8. The lowest BCUT2D eigenvalue weighted by Crippen LogP contribution is -2.04. The smallest absolute Gasteiger partial charge is 0.336 e. The van der Waals surface area contributed by atoms with Gasteiger partial charge in [0.25, 0.3) is 0 Å². The zero-order valence-corrected chi connectivity index (χ0v) is 19.9. The fourth-order valence-electron chi connectivity index (χ4n) is 4.46. The number of pyridine rings is 1. The molecule has 1 aliphatic rings. The molecule has 35 heavy (non-hydrogen) atoms. The van der Waals surface area contributed by atoms with Crippen molar-refractivity contribution in [3.63, 3.8) is 0 Å². The highest BCUT2D eigenvalue weighted by Gasteiger charge is 2.21. The van der Waals surface area contributed by atoms with E-state index in [1.54, 1.807) is 17.4 Å². The molecule has 0 atom stereocenters. The van der Waals surface area contributed by atoms with Crippen LogP contribution in [-0.4, -0.2) is 22.9 Å². The topological polar surface area (TPSA) is 77.9 Å². The van der Waals surface area contributed by atoms with Crippen LogP contribution in [0, 0.1) is 13.8 Å². The zero-order chi connectivity index (χ0) is 24.1. The van der Waals surface area contributed by atoms with Gasteiger partial charge in [0.05, 0.1) is 27.0 Å². The second-order valence-corrected chi connectivity index (χ2v) is 9.55. The number of carbonyl (C=O) groups is 1. The summed E-state index contributed by atoms with van der Waals surface area (Å²) in [6, 6.07) is 19.2. The van der Waals surface area contributed by atoms with Crippen LogP contribution < -0.4 is 14.2 Å². The van der Waals surface area contributed by atoms with Crippen molar-refractivity contribution in [2.75, 3.05) is 6.79 Å². The molecule has 6 rings (SSSR count). The van der Waals surface area contributed by atoms with Crippen molar-refractivity contribution in [3.05, 3.63) is 82.9 Å². The van der Waals surface area contributed by atoms with Gasteiger partial charge in [-0.2, -0.15) is 0 Å². The molecule has 0 saturated heterocycles. The first kappa shape index (κ1) is 21.4. The number of aryl methyl sites for hydroxylation is 2. The summed E-state index contributed by atoms with van der Waals surface area (Å²) >= 11 is 1.62. The summed E-state index contributed by atoms with van der Waals surface area (Å²) in [6.07, 6.45) is 0. The maximum absolute atomic E-state index is 12.4. The second kappa shape index (κ2) is 8.29. The Morgan fingerprint density at radius 2 is 1.89 bits per heavy atom. The van der Waals surface area contributed by atoms with E-state index in [1.807, 2.05) is 49.4 Å². The number of carboxylic acid groups (broad SMARTS) is 1. The average molecular weight is 484 g/mol. The van der Waals surface area contributed by atoms with Gasteiger partial charge in [0.2, 0.25) is 6.79 Å². The molecule has 1 aliphatic heterocycles. The SMILES string of the molecule is Cc1c(-c2cc(C(=O)O)c3c(OCc4ccc5c(c4)OCO5)ccc(C)c3n2)sc2ccccc12. The van der Waals surface area contributed by atoms with E-state index < -0.39 is 5.97 Å². The number of nitrogens with zero attached hydrogens (tertiary/aromatic N) is 1. The Morgan fingerprint density at radius 1 is 1.06 bits per heavy atom. The molecule has 0 saturated carbocycles. The van der Waals surface area contributed by atoms with Crippen LogP contribution >= 0.6 is 11.3 Å². The molecule has 3 aromatic carbocycles. The molecule has 0 bridgehead atoms. The van der Waals surface area contributed by atoms with Crippen LogP contribution in [0.3, 0.4) is 0 Å². The van der Waals surface area contributed by atoms with Gasteiger partial charge in [-0.25, -0.2) is 9.78 Å². The monoisotopic (exact) mass is 483 g/mol. The molecule has 5 aromatic rings. The third-order valence-corrected chi connectivity index (χ3v) is 7.56. The van der Waals surface area contributed by atoms with Crippen molar-refractivity contribution in [1.29, 1.82) is 0 Å². The molecule has 0 radical (unpaired) electrons. The molecule has 7 heteroatoms. The molecule has 3 heterocycles. The summed E-state index contributed by atoms with van der Waals surface area (Å²) < 4.78 is 18.1. The van der Waals surface area contributed by atoms with E-state index in [2.05, 4.69) is 19.1 Å². The Hall–Kier alpha value is -4.10. The number of benzene rings is 3. The summed E-state index contributed by atoms with van der Waals surface area (Å²) in [5.74, 6) is 0.843. The van der Waals surface area contributed by atoms with Crippen LogP contribution in [0.2, 0.25) is 0 Å². The van der Waals surface area contributed by atoms with Crippen molar-refractivity contribution in [1.82, 2.24) is 4.98 Å². The zero-order valence-electron chi connectivity index (χ0n) is 19.1. The first-order valence-electron chi connectivity index (χ1n) is 11.2. The Balaban J connectivity index is 1.45. The summed E-state index contributed by atoms with van der Waals surface area (Å²) in [7, 11) is 0. The molecule has 0 amide bonds. The number of ether oxygens (including phenoxy) is 3. The molecule has 0 fully saturated rings. The van der Waals surface area contributed by atoms with E-state index >= 15 is 0 Å². The van der Waals surface area contributed by atoms with Gasteiger partial charge in [-0.3, -0.25) is 0 Å². The average Bonchev–Trinajstić information content (AvgIpc) is 3.47.